The van der Waals surface area contributed by atoms with Crippen molar-refractivity contribution in [2.24, 2.45) is 0 Å². The highest BCUT2D eigenvalue weighted by molar-refractivity contribution is 9.10. The third kappa shape index (κ3) is 2.38. The Morgan fingerprint density at radius 3 is 2.78 bits per heavy atom. The quantitative estimate of drug-likeness (QED) is 0.942. The third-order valence-corrected chi connectivity index (χ3v) is 3.55. The molecule has 0 saturated carbocycles. The summed E-state index contributed by atoms with van der Waals surface area (Å²) in [6.07, 6.45) is 5.42. The molecule has 0 radical (unpaired) electrons. The number of nitrogens with zero attached hydrogens (tertiary/aromatic N) is 4. The van der Waals surface area contributed by atoms with Crippen molar-refractivity contribution >= 4 is 21.7 Å². The highest BCUT2D eigenvalue weighted by Crippen LogP contribution is 2.25. The zero-order valence-electron chi connectivity index (χ0n) is 10.5. The summed E-state index contributed by atoms with van der Waals surface area (Å²) < 4.78 is 2.83. The number of hydrogen-bond donors (Lipinski definition) is 1. The lowest BCUT2D eigenvalue weighted by atomic mass is 10.3. The number of rotatable bonds is 4. The van der Waals surface area contributed by atoms with Crippen LogP contribution in [0.1, 0.15) is 26.0 Å². The zero-order valence-corrected chi connectivity index (χ0v) is 12.1. The van der Waals surface area contributed by atoms with E-state index in [4.69, 9.17) is 5.73 Å². The molecule has 0 aromatic carbocycles. The second-order valence-electron chi connectivity index (χ2n) is 4.02. The van der Waals surface area contributed by atoms with Crippen LogP contribution in [-0.2, 0) is 13.0 Å². The van der Waals surface area contributed by atoms with Crippen LogP contribution in [0.5, 0.6) is 0 Å². The van der Waals surface area contributed by atoms with E-state index in [9.17, 15) is 0 Å². The smallest absolute Gasteiger partial charge is 0.180 e. The largest absolute Gasteiger partial charge is 0.383 e. The van der Waals surface area contributed by atoms with Crippen LogP contribution in [-0.4, -0.2) is 19.5 Å². The second-order valence-corrected chi connectivity index (χ2v) is 4.81. The molecule has 96 valence electrons. The summed E-state index contributed by atoms with van der Waals surface area (Å²) >= 11 is 3.41. The summed E-state index contributed by atoms with van der Waals surface area (Å²) in [6.45, 7) is 5.06. The van der Waals surface area contributed by atoms with E-state index in [1.54, 1.807) is 12.5 Å². The summed E-state index contributed by atoms with van der Waals surface area (Å²) in [7, 11) is 0. The van der Waals surface area contributed by atoms with E-state index in [0.29, 0.717) is 11.6 Å². The van der Waals surface area contributed by atoms with Crippen molar-refractivity contribution in [2.45, 2.75) is 33.2 Å². The van der Waals surface area contributed by atoms with Crippen molar-refractivity contribution in [3.63, 3.8) is 0 Å². The van der Waals surface area contributed by atoms with Crippen molar-refractivity contribution in [1.82, 2.24) is 19.5 Å². The normalized spacial score (nSPS) is 10.8. The van der Waals surface area contributed by atoms with Crippen molar-refractivity contribution in [2.75, 3.05) is 5.73 Å². The van der Waals surface area contributed by atoms with E-state index in [2.05, 4.69) is 37.8 Å². The van der Waals surface area contributed by atoms with Crippen LogP contribution in [0.4, 0.5) is 5.82 Å². The van der Waals surface area contributed by atoms with Gasteiger partial charge in [0, 0.05) is 6.54 Å². The first kappa shape index (κ1) is 13.0. The molecule has 0 amide bonds. The van der Waals surface area contributed by atoms with Gasteiger partial charge >= 0.3 is 0 Å². The van der Waals surface area contributed by atoms with E-state index in [-0.39, 0.29) is 0 Å². The molecule has 0 aliphatic heterocycles. The van der Waals surface area contributed by atoms with Crippen LogP contribution >= 0.6 is 15.9 Å². The molecule has 2 N–H and O–H groups in total. The molecule has 0 fully saturated rings. The summed E-state index contributed by atoms with van der Waals surface area (Å²) in [5.74, 6) is 1.11. The Morgan fingerprint density at radius 2 is 2.11 bits per heavy atom. The van der Waals surface area contributed by atoms with E-state index >= 15 is 0 Å². The minimum absolute atomic E-state index is 0.473. The van der Waals surface area contributed by atoms with Crippen molar-refractivity contribution in [3.05, 3.63) is 22.7 Å². The molecule has 18 heavy (non-hydrogen) atoms. The van der Waals surface area contributed by atoms with Gasteiger partial charge in [0.15, 0.2) is 5.82 Å². The Hall–Kier alpha value is -1.43. The van der Waals surface area contributed by atoms with Crippen LogP contribution in [0.25, 0.3) is 11.5 Å². The number of imidazole rings is 1. The van der Waals surface area contributed by atoms with Gasteiger partial charge in [0.25, 0.3) is 0 Å². The molecule has 0 unspecified atom stereocenters. The molecule has 0 aliphatic carbocycles. The Kier molecular flexibility index (Phi) is 3.96. The van der Waals surface area contributed by atoms with Gasteiger partial charge in [-0.25, -0.2) is 15.0 Å². The number of nitrogen functional groups attached to an aromatic ring is 1. The second kappa shape index (κ2) is 5.48. The molecule has 0 bridgehead atoms. The average molecular weight is 310 g/mol. The highest BCUT2D eigenvalue weighted by atomic mass is 79.9. The lowest BCUT2D eigenvalue weighted by Gasteiger charge is -2.09. The third-order valence-electron chi connectivity index (χ3n) is 2.69. The fourth-order valence-electron chi connectivity index (χ4n) is 1.79. The molecule has 2 aromatic heterocycles. The summed E-state index contributed by atoms with van der Waals surface area (Å²) in [5.41, 5.74) is 7.73. The molecule has 0 saturated heterocycles. The SMILES string of the molecule is CCCn1cncc1-c1nc(N)c(Br)c(CC)n1. The summed E-state index contributed by atoms with van der Waals surface area (Å²) in [5, 5.41) is 0. The lowest BCUT2D eigenvalue weighted by molar-refractivity contribution is 0.681. The number of hydrogen-bond acceptors (Lipinski definition) is 4. The molecule has 0 aliphatic rings. The Labute approximate surface area is 115 Å². The maximum absolute atomic E-state index is 5.90. The lowest BCUT2D eigenvalue weighted by Crippen LogP contribution is -2.05. The van der Waals surface area contributed by atoms with Crippen molar-refractivity contribution in [1.29, 1.82) is 0 Å². The number of anilines is 1. The first-order valence-electron chi connectivity index (χ1n) is 5.99. The van der Waals surface area contributed by atoms with Gasteiger partial charge in [0.2, 0.25) is 0 Å². The molecule has 6 heteroatoms. The predicted octanol–water partition coefficient (Wildman–Crippen LogP) is 2.66. The number of nitrogens with two attached hydrogens (primary N) is 1. The topological polar surface area (TPSA) is 69.6 Å². The molecular formula is C12H16BrN5. The average Bonchev–Trinajstić information content (AvgIpc) is 2.81. The van der Waals surface area contributed by atoms with Gasteiger partial charge in [-0.3, -0.25) is 0 Å². The minimum atomic E-state index is 0.473. The van der Waals surface area contributed by atoms with Crippen LogP contribution < -0.4 is 5.73 Å². The molecule has 5 nitrogen and oxygen atoms in total. The van der Waals surface area contributed by atoms with Crippen LogP contribution in [0.2, 0.25) is 0 Å². The number of halogens is 1. The zero-order chi connectivity index (χ0) is 13.1. The van der Waals surface area contributed by atoms with E-state index < -0.39 is 0 Å². The van der Waals surface area contributed by atoms with Gasteiger partial charge in [0.1, 0.15) is 11.5 Å². The molecular weight excluding hydrogens is 294 g/mol. The molecule has 2 heterocycles. The first-order valence-corrected chi connectivity index (χ1v) is 6.79. The Morgan fingerprint density at radius 1 is 1.33 bits per heavy atom. The van der Waals surface area contributed by atoms with Crippen molar-refractivity contribution in [3.8, 4) is 11.5 Å². The van der Waals surface area contributed by atoms with Gasteiger partial charge in [0.05, 0.1) is 22.7 Å². The molecule has 0 atom stereocenters. The van der Waals surface area contributed by atoms with Crippen LogP contribution in [0.3, 0.4) is 0 Å². The van der Waals surface area contributed by atoms with E-state index in [1.165, 1.54) is 0 Å². The Bertz CT molecular complexity index is 549. The summed E-state index contributed by atoms with van der Waals surface area (Å²) in [6, 6.07) is 0. The van der Waals surface area contributed by atoms with E-state index in [1.807, 2.05) is 11.5 Å². The van der Waals surface area contributed by atoms with Gasteiger partial charge in [-0.2, -0.15) is 0 Å². The van der Waals surface area contributed by atoms with Crippen LogP contribution in [0, 0.1) is 0 Å². The number of aromatic nitrogens is 4. The Balaban J connectivity index is 2.50. The molecule has 0 spiro atoms. The van der Waals surface area contributed by atoms with Gasteiger partial charge in [-0.1, -0.05) is 13.8 Å². The minimum Gasteiger partial charge on any atom is -0.383 e. The highest BCUT2D eigenvalue weighted by Gasteiger charge is 2.13. The van der Waals surface area contributed by atoms with Crippen LogP contribution in [0.15, 0.2) is 17.0 Å². The first-order chi connectivity index (χ1) is 8.67. The summed E-state index contributed by atoms with van der Waals surface area (Å²) in [4.78, 5) is 13.0. The molecule has 2 aromatic rings. The van der Waals surface area contributed by atoms with Crippen molar-refractivity contribution < 1.29 is 0 Å². The standard InChI is InChI=1S/C12H16BrN5/c1-3-5-18-7-15-6-9(18)12-16-8(4-2)10(13)11(14)17-12/h6-7H,3-5H2,1-2H3,(H2,14,16,17). The molecule has 2 rings (SSSR count). The fraction of sp³-hybridized carbons (Fsp3) is 0.417. The van der Waals surface area contributed by atoms with Gasteiger partial charge < -0.3 is 10.3 Å². The van der Waals surface area contributed by atoms with Gasteiger partial charge in [-0.15, -0.1) is 0 Å². The maximum Gasteiger partial charge on any atom is 0.180 e. The maximum atomic E-state index is 5.90. The predicted molar refractivity (Wildman–Crippen MR) is 75.0 cm³/mol. The monoisotopic (exact) mass is 309 g/mol. The van der Waals surface area contributed by atoms with Gasteiger partial charge in [-0.05, 0) is 28.8 Å². The fourth-order valence-corrected chi connectivity index (χ4v) is 2.25. The number of aryl methyl sites for hydroxylation is 2. The van der Waals surface area contributed by atoms with E-state index in [0.717, 1.165) is 35.2 Å².